The summed E-state index contributed by atoms with van der Waals surface area (Å²) in [5, 5.41) is 6.60. The zero-order valence-electron chi connectivity index (χ0n) is 20.6. The molecule has 1 aromatic carbocycles. The third kappa shape index (κ3) is 4.55. The first-order valence-corrected chi connectivity index (χ1v) is 13.4. The van der Waals surface area contributed by atoms with Crippen molar-refractivity contribution in [3.05, 3.63) is 41.4 Å². The Labute approximate surface area is 216 Å². The van der Waals surface area contributed by atoms with Crippen LogP contribution in [0.2, 0.25) is 5.02 Å². The van der Waals surface area contributed by atoms with Crippen LogP contribution in [0, 0.1) is 11.8 Å². The van der Waals surface area contributed by atoms with E-state index < -0.39 is 29.6 Å². The third-order valence-corrected chi connectivity index (χ3v) is 8.10. The fourth-order valence-electron chi connectivity index (χ4n) is 6.31. The van der Waals surface area contributed by atoms with E-state index in [0.29, 0.717) is 36.9 Å². The summed E-state index contributed by atoms with van der Waals surface area (Å²) in [7, 11) is 0. The summed E-state index contributed by atoms with van der Waals surface area (Å²) in [5.74, 6) is -2.22. The molecule has 0 unspecified atom stereocenters. The van der Waals surface area contributed by atoms with Crippen molar-refractivity contribution in [1.29, 1.82) is 0 Å². The number of halogens is 1. The van der Waals surface area contributed by atoms with Gasteiger partial charge in [-0.15, -0.1) is 0 Å². The van der Waals surface area contributed by atoms with Gasteiger partial charge < -0.3 is 25.0 Å². The molecule has 3 fully saturated rings. The minimum Gasteiger partial charge on any atom is -0.382 e. The van der Waals surface area contributed by atoms with Gasteiger partial charge >= 0.3 is 0 Å². The van der Waals surface area contributed by atoms with E-state index in [9.17, 15) is 14.4 Å². The molecule has 194 valence electrons. The van der Waals surface area contributed by atoms with Crippen LogP contribution in [0.5, 0.6) is 0 Å². The molecule has 5 atom stereocenters. The number of amides is 3. The highest BCUT2D eigenvalue weighted by atomic mass is 35.5. The van der Waals surface area contributed by atoms with Crippen LogP contribution in [0.3, 0.4) is 0 Å². The molecule has 5 rings (SSSR count). The molecule has 0 aromatic heterocycles. The van der Waals surface area contributed by atoms with Gasteiger partial charge in [0.25, 0.3) is 0 Å². The van der Waals surface area contributed by atoms with Crippen LogP contribution in [0.25, 0.3) is 0 Å². The SMILES string of the molecule is CCOCCCN1C(=O)[C@H]2[C@@H](C(=O)Nc3cccc(Cl)c3)[C@H]3C=C[C@@]2(O3)[C@H]1C(=O)NC1CCCCC1. The van der Waals surface area contributed by atoms with Gasteiger partial charge in [0.15, 0.2) is 0 Å². The maximum atomic E-state index is 13.9. The number of likely N-dealkylation sites (tertiary alicyclic amines) is 1. The molecule has 1 aliphatic carbocycles. The van der Waals surface area contributed by atoms with Crippen LogP contribution in [-0.2, 0) is 23.9 Å². The van der Waals surface area contributed by atoms with Gasteiger partial charge in [0, 0.05) is 36.5 Å². The van der Waals surface area contributed by atoms with Crippen LogP contribution in [0.15, 0.2) is 36.4 Å². The molecule has 1 aromatic rings. The van der Waals surface area contributed by atoms with Gasteiger partial charge in [0.2, 0.25) is 17.7 Å². The highest BCUT2D eigenvalue weighted by molar-refractivity contribution is 6.30. The van der Waals surface area contributed by atoms with Gasteiger partial charge in [-0.25, -0.2) is 0 Å². The van der Waals surface area contributed by atoms with Gasteiger partial charge in [-0.05, 0) is 44.4 Å². The number of anilines is 1. The van der Waals surface area contributed by atoms with Crippen LogP contribution >= 0.6 is 11.6 Å². The minimum absolute atomic E-state index is 0.103. The van der Waals surface area contributed by atoms with Crippen molar-refractivity contribution in [2.75, 3.05) is 25.1 Å². The molecule has 2 saturated heterocycles. The van der Waals surface area contributed by atoms with E-state index in [1.54, 1.807) is 29.2 Å². The summed E-state index contributed by atoms with van der Waals surface area (Å²) in [5.41, 5.74) is -0.596. The van der Waals surface area contributed by atoms with Crippen LogP contribution in [0.4, 0.5) is 5.69 Å². The summed E-state index contributed by atoms with van der Waals surface area (Å²) in [4.78, 5) is 42.6. The predicted molar refractivity (Wildman–Crippen MR) is 135 cm³/mol. The molecule has 4 aliphatic rings. The number of fused-ring (bicyclic) bond motifs is 1. The number of benzene rings is 1. The van der Waals surface area contributed by atoms with E-state index in [4.69, 9.17) is 21.1 Å². The molecular weight excluding hydrogens is 482 g/mol. The first-order valence-electron chi connectivity index (χ1n) is 13.1. The van der Waals surface area contributed by atoms with Gasteiger partial charge in [0.1, 0.15) is 11.6 Å². The van der Waals surface area contributed by atoms with E-state index in [0.717, 1.165) is 25.7 Å². The molecule has 2 N–H and O–H groups in total. The highest BCUT2D eigenvalue weighted by Gasteiger charge is 2.72. The Bertz CT molecular complexity index is 1040. The Balaban J connectivity index is 1.40. The molecule has 36 heavy (non-hydrogen) atoms. The van der Waals surface area contributed by atoms with Crippen molar-refractivity contribution in [2.24, 2.45) is 11.8 Å². The lowest BCUT2D eigenvalue weighted by Crippen LogP contribution is -2.56. The van der Waals surface area contributed by atoms with Gasteiger partial charge in [0.05, 0.1) is 17.9 Å². The first-order chi connectivity index (χ1) is 17.4. The number of carbonyl (C=O) groups is 3. The van der Waals surface area contributed by atoms with E-state index in [1.165, 1.54) is 6.42 Å². The Hall–Kier alpha value is -2.42. The van der Waals surface area contributed by atoms with Crippen LogP contribution in [-0.4, -0.2) is 66.2 Å². The molecule has 1 spiro atoms. The number of hydrogen-bond acceptors (Lipinski definition) is 5. The minimum atomic E-state index is -1.15. The molecule has 2 bridgehead atoms. The summed E-state index contributed by atoms with van der Waals surface area (Å²) < 4.78 is 11.9. The smallest absolute Gasteiger partial charge is 0.246 e. The lowest BCUT2D eigenvalue weighted by atomic mass is 9.74. The lowest BCUT2D eigenvalue weighted by molar-refractivity contribution is -0.141. The number of ether oxygens (including phenoxy) is 2. The monoisotopic (exact) mass is 515 g/mol. The average Bonchev–Trinajstić information content (AvgIpc) is 3.50. The number of hydrogen-bond donors (Lipinski definition) is 2. The van der Waals surface area contributed by atoms with Crippen molar-refractivity contribution >= 4 is 35.0 Å². The van der Waals surface area contributed by atoms with Crippen molar-refractivity contribution in [1.82, 2.24) is 10.2 Å². The average molecular weight is 516 g/mol. The van der Waals surface area contributed by atoms with E-state index in [2.05, 4.69) is 10.6 Å². The standard InChI is InChI=1S/C27H34ClN3O5/c1-2-35-15-7-14-31-23(25(33)29-18-9-4-3-5-10-18)27-13-12-20(36-27)21(22(27)26(31)34)24(32)30-19-11-6-8-17(28)16-19/h6,8,11-13,16,18,20-23H,2-5,7,9-10,14-15H2,1H3,(H,29,33)(H,30,32)/t20-,21+,22-,23-,27+/m1/s1. The first kappa shape index (κ1) is 25.2. The Morgan fingerprint density at radius 3 is 2.78 bits per heavy atom. The van der Waals surface area contributed by atoms with E-state index >= 15 is 0 Å². The largest absolute Gasteiger partial charge is 0.382 e. The number of rotatable bonds is 9. The van der Waals surface area contributed by atoms with E-state index in [-0.39, 0.29) is 23.8 Å². The maximum absolute atomic E-state index is 13.9. The predicted octanol–water partition coefficient (Wildman–Crippen LogP) is 3.30. The third-order valence-electron chi connectivity index (χ3n) is 7.86. The fraction of sp³-hybridized carbons (Fsp3) is 0.593. The van der Waals surface area contributed by atoms with Crippen LogP contribution < -0.4 is 10.6 Å². The second-order valence-corrected chi connectivity index (χ2v) is 10.6. The molecular formula is C27H34ClN3O5. The van der Waals surface area contributed by atoms with Gasteiger partial charge in [-0.1, -0.05) is 49.1 Å². The maximum Gasteiger partial charge on any atom is 0.246 e. The molecule has 3 aliphatic heterocycles. The van der Waals surface area contributed by atoms with Crippen molar-refractivity contribution in [3.63, 3.8) is 0 Å². The summed E-state index contributed by atoms with van der Waals surface area (Å²) in [6, 6.07) is 6.18. The lowest BCUT2D eigenvalue weighted by Gasteiger charge is -2.34. The van der Waals surface area contributed by atoms with Crippen molar-refractivity contribution in [3.8, 4) is 0 Å². The fourth-order valence-corrected chi connectivity index (χ4v) is 6.50. The van der Waals surface area contributed by atoms with Crippen LogP contribution in [0.1, 0.15) is 45.4 Å². The molecule has 9 heteroatoms. The Kier molecular flexibility index (Phi) is 7.37. The molecule has 3 amide bonds. The quantitative estimate of drug-likeness (QED) is 0.388. The van der Waals surface area contributed by atoms with Gasteiger partial charge in [-0.3, -0.25) is 14.4 Å². The second-order valence-electron chi connectivity index (χ2n) is 10.1. The second kappa shape index (κ2) is 10.5. The van der Waals surface area contributed by atoms with Crippen molar-refractivity contribution < 1.29 is 23.9 Å². The Morgan fingerprint density at radius 2 is 2.03 bits per heavy atom. The number of carbonyl (C=O) groups excluding carboxylic acids is 3. The zero-order chi connectivity index (χ0) is 25.3. The molecule has 8 nitrogen and oxygen atoms in total. The molecule has 1 saturated carbocycles. The summed E-state index contributed by atoms with van der Waals surface area (Å²) in [6.07, 6.45) is 8.95. The van der Waals surface area contributed by atoms with Gasteiger partial charge in [-0.2, -0.15) is 0 Å². The molecule has 3 heterocycles. The highest BCUT2D eigenvalue weighted by Crippen LogP contribution is 2.55. The van der Waals surface area contributed by atoms with E-state index in [1.807, 2.05) is 19.1 Å². The number of nitrogens with one attached hydrogen (secondary N) is 2. The summed E-state index contributed by atoms with van der Waals surface area (Å²) >= 11 is 6.08. The summed E-state index contributed by atoms with van der Waals surface area (Å²) in [6.45, 7) is 3.37. The Morgan fingerprint density at radius 1 is 1.22 bits per heavy atom. The van der Waals surface area contributed by atoms with Crippen molar-refractivity contribution in [2.45, 2.75) is 69.2 Å². The normalized spacial score (nSPS) is 31.1. The number of nitrogens with zero attached hydrogens (tertiary/aromatic N) is 1. The zero-order valence-corrected chi connectivity index (χ0v) is 21.3. The molecule has 0 radical (unpaired) electrons. The topological polar surface area (TPSA) is 97.0 Å².